The topological polar surface area (TPSA) is 63.8 Å². The summed E-state index contributed by atoms with van der Waals surface area (Å²) in [4.78, 5) is 9.29. The number of hydrogen-bond donors (Lipinski definition) is 1. The maximum atomic E-state index is 5.63. The van der Waals surface area contributed by atoms with E-state index in [1.54, 1.807) is 0 Å². The molecule has 0 bridgehead atoms. The smallest absolute Gasteiger partial charge is 0.228 e. The second-order valence-electron chi connectivity index (χ2n) is 6.76. The molecule has 5 nitrogen and oxygen atoms in total. The quantitative estimate of drug-likeness (QED) is 0.539. The first kappa shape index (κ1) is 17.2. The molecule has 27 heavy (non-hydrogen) atoms. The fourth-order valence-electron chi connectivity index (χ4n) is 2.95. The second kappa shape index (κ2) is 7.19. The first-order chi connectivity index (χ1) is 13.1. The van der Waals surface area contributed by atoms with E-state index in [0.717, 1.165) is 29.0 Å². The third kappa shape index (κ3) is 3.53. The maximum absolute atomic E-state index is 5.63. The zero-order chi connectivity index (χ0) is 18.8. The zero-order valence-electron chi connectivity index (χ0n) is 15.8. The van der Waals surface area contributed by atoms with Gasteiger partial charge in [-0.1, -0.05) is 71.7 Å². The molecule has 0 aliphatic heterocycles. The van der Waals surface area contributed by atoms with Crippen molar-refractivity contribution in [2.75, 3.05) is 5.32 Å². The average Bonchev–Trinajstić information content (AvgIpc) is 3.12. The van der Waals surface area contributed by atoms with E-state index < -0.39 is 0 Å². The van der Waals surface area contributed by atoms with Crippen molar-refractivity contribution in [3.8, 4) is 11.3 Å². The molecule has 0 aliphatic carbocycles. The average molecular weight is 358 g/mol. The lowest BCUT2D eigenvalue weighted by Gasteiger charge is -2.08. The predicted molar refractivity (Wildman–Crippen MR) is 108 cm³/mol. The molecule has 0 unspecified atom stereocenters. The third-order valence-corrected chi connectivity index (χ3v) is 4.59. The highest BCUT2D eigenvalue weighted by molar-refractivity contribution is 5.93. The van der Waals surface area contributed by atoms with E-state index in [4.69, 9.17) is 4.52 Å². The second-order valence-corrected chi connectivity index (χ2v) is 6.76. The largest absolute Gasteiger partial charge is 0.363 e. The Hall–Kier alpha value is -3.21. The van der Waals surface area contributed by atoms with Crippen LogP contribution in [0.25, 0.3) is 22.4 Å². The van der Waals surface area contributed by atoms with Crippen LogP contribution in [-0.4, -0.2) is 15.1 Å². The van der Waals surface area contributed by atoms with Crippen molar-refractivity contribution in [1.29, 1.82) is 0 Å². The van der Waals surface area contributed by atoms with Gasteiger partial charge < -0.3 is 9.84 Å². The van der Waals surface area contributed by atoms with Crippen molar-refractivity contribution >= 4 is 16.9 Å². The van der Waals surface area contributed by atoms with Crippen LogP contribution in [-0.2, 0) is 13.0 Å². The Morgan fingerprint density at radius 3 is 2.22 bits per heavy atom. The third-order valence-electron chi connectivity index (χ3n) is 4.59. The summed E-state index contributed by atoms with van der Waals surface area (Å²) < 4.78 is 5.63. The van der Waals surface area contributed by atoms with Gasteiger partial charge in [-0.05, 0) is 19.4 Å². The standard InChI is InChI=1S/C22H22N4O/c1-4-18-24-20-19(17-11-7-15(3)8-12-17)26-27-21(20)22(25-18)23-13-16-9-5-14(2)6-10-16/h5-12H,4,13H2,1-3H3,(H,23,24,25). The summed E-state index contributed by atoms with van der Waals surface area (Å²) in [6.07, 6.45) is 0.744. The van der Waals surface area contributed by atoms with Crippen LogP contribution >= 0.6 is 0 Å². The van der Waals surface area contributed by atoms with Gasteiger partial charge in [-0.2, -0.15) is 0 Å². The van der Waals surface area contributed by atoms with Crippen LogP contribution in [0.2, 0.25) is 0 Å². The van der Waals surface area contributed by atoms with E-state index >= 15 is 0 Å². The molecule has 2 aromatic carbocycles. The molecule has 136 valence electrons. The first-order valence-corrected chi connectivity index (χ1v) is 9.17. The summed E-state index contributed by atoms with van der Waals surface area (Å²) in [5, 5.41) is 7.67. The number of fused-ring (bicyclic) bond motifs is 1. The van der Waals surface area contributed by atoms with Crippen LogP contribution < -0.4 is 5.32 Å². The summed E-state index contributed by atoms with van der Waals surface area (Å²) in [6, 6.07) is 16.6. The van der Waals surface area contributed by atoms with Crippen LogP contribution in [0.1, 0.15) is 29.4 Å². The maximum Gasteiger partial charge on any atom is 0.228 e. The Balaban J connectivity index is 1.72. The van der Waals surface area contributed by atoms with Crippen molar-refractivity contribution in [3.05, 3.63) is 71.0 Å². The molecule has 0 aliphatic rings. The number of nitrogens with zero attached hydrogens (tertiary/aromatic N) is 3. The molecular weight excluding hydrogens is 336 g/mol. The Bertz CT molecular complexity index is 1070. The molecule has 1 N–H and O–H groups in total. The van der Waals surface area contributed by atoms with Crippen LogP contribution in [0.3, 0.4) is 0 Å². The van der Waals surface area contributed by atoms with E-state index in [1.165, 1.54) is 16.7 Å². The van der Waals surface area contributed by atoms with Gasteiger partial charge in [0.25, 0.3) is 0 Å². The number of benzene rings is 2. The fourth-order valence-corrected chi connectivity index (χ4v) is 2.95. The highest BCUT2D eigenvalue weighted by Gasteiger charge is 2.18. The van der Waals surface area contributed by atoms with Crippen LogP contribution in [0, 0.1) is 13.8 Å². The summed E-state index contributed by atoms with van der Waals surface area (Å²) >= 11 is 0. The summed E-state index contributed by atoms with van der Waals surface area (Å²) in [6.45, 7) is 6.86. The lowest BCUT2D eigenvalue weighted by Crippen LogP contribution is -2.05. The van der Waals surface area contributed by atoms with Crippen LogP contribution in [0.4, 0.5) is 5.82 Å². The minimum atomic E-state index is 0.592. The molecule has 0 fully saturated rings. The number of anilines is 1. The van der Waals surface area contributed by atoms with Gasteiger partial charge in [0, 0.05) is 18.5 Å². The van der Waals surface area contributed by atoms with Crippen molar-refractivity contribution in [2.24, 2.45) is 0 Å². The molecular formula is C22H22N4O. The van der Waals surface area contributed by atoms with Gasteiger partial charge in [-0.3, -0.25) is 0 Å². The normalized spacial score (nSPS) is 11.1. The van der Waals surface area contributed by atoms with E-state index in [2.05, 4.69) is 70.7 Å². The molecule has 0 amide bonds. The molecule has 2 aromatic heterocycles. The minimum absolute atomic E-state index is 0.592. The first-order valence-electron chi connectivity index (χ1n) is 9.17. The number of nitrogens with one attached hydrogen (secondary N) is 1. The van der Waals surface area contributed by atoms with E-state index in [0.29, 0.717) is 17.9 Å². The molecule has 0 atom stereocenters. The Labute approximate surface area is 158 Å². The van der Waals surface area contributed by atoms with E-state index in [9.17, 15) is 0 Å². The minimum Gasteiger partial charge on any atom is -0.363 e. The van der Waals surface area contributed by atoms with Crippen LogP contribution in [0.5, 0.6) is 0 Å². The fraction of sp³-hybridized carbons (Fsp3) is 0.227. The van der Waals surface area contributed by atoms with Crippen molar-refractivity contribution in [1.82, 2.24) is 15.1 Å². The summed E-state index contributed by atoms with van der Waals surface area (Å²) in [7, 11) is 0. The van der Waals surface area contributed by atoms with Crippen molar-refractivity contribution < 1.29 is 4.52 Å². The van der Waals surface area contributed by atoms with Crippen LogP contribution in [0.15, 0.2) is 53.1 Å². The Morgan fingerprint density at radius 1 is 0.889 bits per heavy atom. The lowest BCUT2D eigenvalue weighted by atomic mass is 10.1. The van der Waals surface area contributed by atoms with Gasteiger partial charge in [0.2, 0.25) is 5.58 Å². The predicted octanol–water partition coefficient (Wildman–Crippen LogP) is 5.08. The van der Waals surface area contributed by atoms with Crippen molar-refractivity contribution in [2.45, 2.75) is 33.7 Å². The summed E-state index contributed by atoms with van der Waals surface area (Å²) in [5.74, 6) is 1.45. The molecule has 4 rings (SSSR count). The Morgan fingerprint density at radius 2 is 1.56 bits per heavy atom. The zero-order valence-corrected chi connectivity index (χ0v) is 15.8. The van der Waals surface area contributed by atoms with Gasteiger partial charge in [-0.15, -0.1) is 0 Å². The monoisotopic (exact) mass is 358 g/mol. The molecule has 0 radical (unpaired) electrons. The molecule has 2 heterocycles. The molecule has 0 saturated heterocycles. The Kier molecular flexibility index (Phi) is 4.59. The molecule has 0 saturated carbocycles. The number of aryl methyl sites for hydroxylation is 3. The van der Waals surface area contributed by atoms with Gasteiger partial charge in [0.1, 0.15) is 17.0 Å². The van der Waals surface area contributed by atoms with Gasteiger partial charge in [0.05, 0.1) is 0 Å². The molecule has 4 aromatic rings. The van der Waals surface area contributed by atoms with Crippen molar-refractivity contribution in [3.63, 3.8) is 0 Å². The van der Waals surface area contributed by atoms with Gasteiger partial charge in [-0.25, -0.2) is 9.97 Å². The highest BCUT2D eigenvalue weighted by atomic mass is 16.5. The summed E-state index contributed by atoms with van der Waals surface area (Å²) in [5.41, 5.74) is 6.71. The lowest BCUT2D eigenvalue weighted by molar-refractivity contribution is 0.459. The molecule has 0 spiro atoms. The number of aromatic nitrogens is 3. The number of rotatable bonds is 5. The van der Waals surface area contributed by atoms with E-state index in [1.807, 2.05) is 19.1 Å². The highest BCUT2D eigenvalue weighted by Crippen LogP contribution is 2.30. The molecule has 5 heteroatoms. The van der Waals surface area contributed by atoms with Gasteiger partial charge in [0.15, 0.2) is 5.82 Å². The van der Waals surface area contributed by atoms with E-state index in [-0.39, 0.29) is 0 Å². The number of hydrogen-bond acceptors (Lipinski definition) is 5. The van der Waals surface area contributed by atoms with Gasteiger partial charge >= 0.3 is 0 Å². The SMILES string of the molecule is CCc1nc(NCc2ccc(C)cc2)c2onc(-c3ccc(C)cc3)c2n1.